The SMILES string of the molecule is O=C(N[C@H](n1cnc2c(N3CCCCC3)ncnc21)C(Cl)(Cl)Cl)c1ccccc1. The largest absolute Gasteiger partial charge is 0.355 e. The third-order valence-electron chi connectivity index (χ3n) is 4.89. The van der Waals surface area contributed by atoms with Crippen LogP contribution in [0.5, 0.6) is 0 Å². The Kier molecular flexibility index (Phi) is 5.81. The van der Waals surface area contributed by atoms with Crippen molar-refractivity contribution in [3.8, 4) is 0 Å². The molecule has 0 aliphatic carbocycles. The Bertz CT molecular complexity index is 998. The molecule has 0 radical (unpaired) electrons. The number of carbonyl (C=O) groups excluding carboxylic acids is 1. The van der Waals surface area contributed by atoms with Gasteiger partial charge in [-0.3, -0.25) is 9.36 Å². The van der Waals surface area contributed by atoms with E-state index < -0.39 is 9.96 Å². The van der Waals surface area contributed by atoms with Crippen LogP contribution in [0.25, 0.3) is 11.2 Å². The summed E-state index contributed by atoms with van der Waals surface area (Å²) in [4.78, 5) is 28.1. The van der Waals surface area contributed by atoms with Crippen LogP contribution < -0.4 is 10.2 Å². The smallest absolute Gasteiger partial charge is 0.253 e. The molecule has 7 nitrogen and oxygen atoms in total. The van der Waals surface area contributed by atoms with Gasteiger partial charge in [-0.2, -0.15) is 0 Å². The van der Waals surface area contributed by atoms with Crippen molar-refractivity contribution in [1.29, 1.82) is 0 Å². The normalized spacial score (nSPS) is 16.0. The minimum atomic E-state index is -1.83. The van der Waals surface area contributed by atoms with E-state index in [0.29, 0.717) is 16.7 Å². The Morgan fingerprint density at radius 2 is 1.76 bits per heavy atom. The molecule has 4 rings (SSSR count). The highest BCUT2D eigenvalue weighted by molar-refractivity contribution is 6.68. The molecular formula is C19H19Cl3N6O. The molecule has 0 saturated carbocycles. The van der Waals surface area contributed by atoms with Crippen molar-refractivity contribution in [3.63, 3.8) is 0 Å². The number of fused-ring (bicyclic) bond motifs is 1. The van der Waals surface area contributed by atoms with Gasteiger partial charge in [-0.15, -0.1) is 0 Å². The second kappa shape index (κ2) is 8.34. The topological polar surface area (TPSA) is 75.9 Å². The molecule has 3 heterocycles. The Balaban J connectivity index is 1.71. The first-order valence-corrected chi connectivity index (χ1v) is 10.4. The number of benzene rings is 1. The third kappa shape index (κ3) is 4.27. The van der Waals surface area contributed by atoms with E-state index in [9.17, 15) is 4.79 Å². The first-order chi connectivity index (χ1) is 13.9. The van der Waals surface area contributed by atoms with Crippen LogP contribution in [0.1, 0.15) is 35.8 Å². The molecule has 0 bridgehead atoms. The third-order valence-corrected chi connectivity index (χ3v) is 5.51. The van der Waals surface area contributed by atoms with E-state index in [0.717, 1.165) is 31.7 Å². The number of halogens is 3. The van der Waals surface area contributed by atoms with Crippen molar-refractivity contribution >= 4 is 57.7 Å². The van der Waals surface area contributed by atoms with Crippen LogP contribution in [-0.4, -0.2) is 42.3 Å². The molecule has 1 aliphatic rings. The molecule has 1 N–H and O–H groups in total. The maximum atomic E-state index is 12.7. The van der Waals surface area contributed by atoms with E-state index in [4.69, 9.17) is 34.8 Å². The zero-order chi connectivity index (χ0) is 20.4. The van der Waals surface area contributed by atoms with E-state index in [-0.39, 0.29) is 5.91 Å². The van der Waals surface area contributed by atoms with Gasteiger partial charge in [-0.25, -0.2) is 15.0 Å². The van der Waals surface area contributed by atoms with Gasteiger partial charge in [0.25, 0.3) is 5.91 Å². The average molecular weight is 454 g/mol. The van der Waals surface area contributed by atoms with Gasteiger partial charge in [-0.1, -0.05) is 53.0 Å². The molecule has 1 amide bonds. The minimum Gasteiger partial charge on any atom is -0.355 e. The molecule has 1 atom stereocenters. The predicted molar refractivity (Wildman–Crippen MR) is 115 cm³/mol. The highest BCUT2D eigenvalue weighted by Gasteiger charge is 2.37. The van der Waals surface area contributed by atoms with Gasteiger partial charge in [-0.05, 0) is 31.4 Å². The van der Waals surface area contributed by atoms with E-state index in [1.54, 1.807) is 28.8 Å². The van der Waals surface area contributed by atoms with E-state index in [1.165, 1.54) is 19.1 Å². The zero-order valence-corrected chi connectivity index (χ0v) is 17.7. The molecule has 3 aromatic rings. The summed E-state index contributed by atoms with van der Waals surface area (Å²) in [5.74, 6) is 0.389. The van der Waals surface area contributed by atoms with Crippen molar-refractivity contribution in [2.45, 2.75) is 29.2 Å². The van der Waals surface area contributed by atoms with Gasteiger partial charge in [0.15, 0.2) is 23.1 Å². The summed E-state index contributed by atoms with van der Waals surface area (Å²) >= 11 is 18.7. The molecule has 1 saturated heterocycles. The maximum absolute atomic E-state index is 12.7. The standard InChI is InChI=1S/C19H19Cl3N6O/c20-19(21,22)18(26-17(29)13-7-3-1-4-8-13)28-12-25-14-15(23-11-24-16(14)28)27-9-5-2-6-10-27/h1,3-4,7-8,11-12,18H,2,5-6,9-10H2,(H,26,29)/t18-/m1/s1. The second-order valence-electron chi connectivity index (χ2n) is 6.85. The van der Waals surface area contributed by atoms with E-state index in [1.807, 2.05) is 6.07 Å². The van der Waals surface area contributed by atoms with Gasteiger partial charge in [0.2, 0.25) is 3.79 Å². The van der Waals surface area contributed by atoms with Gasteiger partial charge >= 0.3 is 0 Å². The number of nitrogens with zero attached hydrogens (tertiary/aromatic N) is 5. The van der Waals surface area contributed by atoms with Gasteiger partial charge in [0, 0.05) is 18.7 Å². The molecule has 0 spiro atoms. The van der Waals surface area contributed by atoms with Crippen LogP contribution >= 0.6 is 34.8 Å². The monoisotopic (exact) mass is 452 g/mol. The predicted octanol–water partition coefficient (Wildman–Crippen LogP) is 4.12. The van der Waals surface area contributed by atoms with Crippen molar-refractivity contribution in [2.75, 3.05) is 18.0 Å². The van der Waals surface area contributed by atoms with Crippen LogP contribution in [0.2, 0.25) is 0 Å². The maximum Gasteiger partial charge on any atom is 0.253 e. The molecule has 29 heavy (non-hydrogen) atoms. The molecular weight excluding hydrogens is 435 g/mol. The lowest BCUT2D eigenvalue weighted by Crippen LogP contribution is -2.40. The molecule has 10 heteroatoms. The Morgan fingerprint density at radius 3 is 2.45 bits per heavy atom. The number of amides is 1. The molecule has 1 aliphatic heterocycles. The summed E-state index contributed by atoms with van der Waals surface area (Å²) in [7, 11) is 0. The van der Waals surface area contributed by atoms with Gasteiger partial charge in [0.1, 0.15) is 6.33 Å². The zero-order valence-electron chi connectivity index (χ0n) is 15.4. The number of alkyl halides is 3. The Labute approximate surface area is 183 Å². The first-order valence-electron chi connectivity index (χ1n) is 9.30. The fraction of sp³-hybridized carbons (Fsp3) is 0.368. The number of piperidine rings is 1. The number of imidazole rings is 1. The van der Waals surface area contributed by atoms with E-state index >= 15 is 0 Å². The van der Waals surface area contributed by atoms with Crippen molar-refractivity contribution in [3.05, 3.63) is 48.5 Å². The molecule has 1 fully saturated rings. The number of carbonyl (C=O) groups is 1. The highest BCUT2D eigenvalue weighted by Crippen LogP contribution is 2.38. The summed E-state index contributed by atoms with van der Waals surface area (Å²) in [6.07, 6.45) is 5.41. The van der Waals surface area contributed by atoms with Crippen LogP contribution in [0.15, 0.2) is 43.0 Å². The number of aromatic nitrogens is 4. The van der Waals surface area contributed by atoms with E-state index in [2.05, 4.69) is 25.2 Å². The lowest BCUT2D eigenvalue weighted by molar-refractivity contribution is 0.0921. The van der Waals surface area contributed by atoms with Crippen molar-refractivity contribution in [1.82, 2.24) is 24.8 Å². The number of hydrogen-bond acceptors (Lipinski definition) is 5. The van der Waals surface area contributed by atoms with Gasteiger partial charge < -0.3 is 10.2 Å². The number of anilines is 1. The van der Waals surface area contributed by atoms with Crippen molar-refractivity contribution in [2.24, 2.45) is 0 Å². The van der Waals surface area contributed by atoms with Gasteiger partial charge in [0.05, 0.1) is 6.33 Å². The minimum absolute atomic E-state index is 0.367. The number of nitrogens with one attached hydrogen (secondary N) is 1. The second-order valence-corrected chi connectivity index (χ2v) is 9.22. The summed E-state index contributed by atoms with van der Waals surface area (Å²) in [5, 5.41) is 2.78. The molecule has 0 unspecified atom stereocenters. The first kappa shape index (κ1) is 20.2. The number of rotatable bonds is 4. The van der Waals surface area contributed by atoms with Crippen LogP contribution in [0.4, 0.5) is 5.82 Å². The van der Waals surface area contributed by atoms with Crippen molar-refractivity contribution < 1.29 is 4.79 Å². The fourth-order valence-electron chi connectivity index (χ4n) is 3.47. The quantitative estimate of drug-likeness (QED) is 0.602. The van der Waals surface area contributed by atoms with Crippen LogP contribution in [0, 0.1) is 0 Å². The highest BCUT2D eigenvalue weighted by atomic mass is 35.6. The summed E-state index contributed by atoms with van der Waals surface area (Å²) in [6, 6.07) is 8.74. The average Bonchev–Trinajstić information content (AvgIpc) is 3.16. The Morgan fingerprint density at radius 1 is 1.03 bits per heavy atom. The summed E-state index contributed by atoms with van der Waals surface area (Å²) in [5.41, 5.74) is 1.56. The van der Waals surface area contributed by atoms with Crippen LogP contribution in [0.3, 0.4) is 0 Å². The lowest BCUT2D eigenvalue weighted by atomic mass is 10.1. The fourth-order valence-corrected chi connectivity index (χ4v) is 3.95. The molecule has 152 valence electrons. The number of hydrogen-bond donors (Lipinski definition) is 1. The lowest BCUT2D eigenvalue weighted by Gasteiger charge is -2.28. The van der Waals surface area contributed by atoms with Crippen LogP contribution in [-0.2, 0) is 0 Å². The summed E-state index contributed by atoms with van der Waals surface area (Å²) < 4.78 is -0.257. The Hall–Kier alpha value is -2.09. The molecule has 2 aromatic heterocycles. The summed E-state index contributed by atoms with van der Waals surface area (Å²) in [6.45, 7) is 1.83. The molecule has 1 aromatic carbocycles.